The molecule has 0 aromatic heterocycles. The number of benzene rings is 2. The van der Waals surface area contributed by atoms with Gasteiger partial charge in [0.15, 0.2) is 5.90 Å². The normalized spacial score (nSPS) is 10.5. The van der Waals surface area contributed by atoms with E-state index in [4.69, 9.17) is 10.1 Å². The molecule has 0 fully saturated rings. The number of rotatable bonds is 3. The Morgan fingerprint density at radius 3 is 2.47 bits per heavy atom. The third kappa shape index (κ3) is 2.64. The first kappa shape index (κ1) is 11.6. The molecule has 2 rings (SSSR count). The van der Waals surface area contributed by atoms with Gasteiger partial charge in [0.2, 0.25) is 0 Å². The van der Waals surface area contributed by atoms with Crippen LogP contribution in [0.5, 0.6) is 0 Å². The smallest absolute Gasteiger partial charge is 0.184 e. The van der Waals surface area contributed by atoms with Crippen molar-refractivity contribution in [3.8, 4) is 0 Å². The minimum atomic E-state index is 0.339. The fourth-order valence-electron chi connectivity index (χ4n) is 1.99. The van der Waals surface area contributed by atoms with Gasteiger partial charge in [-0.15, -0.1) is 0 Å². The van der Waals surface area contributed by atoms with Crippen molar-refractivity contribution < 1.29 is 4.74 Å². The molecule has 0 saturated carbocycles. The molecule has 0 amide bonds. The molecule has 17 heavy (non-hydrogen) atoms. The number of aryl methyl sites for hydroxylation is 1. The lowest BCUT2D eigenvalue weighted by Gasteiger charge is -2.09. The van der Waals surface area contributed by atoms with Gasteiger partial charge >= 0.3 is 0 Å². The van der Waals surface area contributed by atoms with Crippen LogP contribution in [0.4, 0.5) is 0 Å². The number of fused-ring (bicyclic) bond motifs is 1. The van der Waals surface area contributed by atoms with E-state index in [0.717, 1.165) is 0 Å². The summed E-state index contributed by atoms with van der Waals surface area (Å²) in [6.07, 6.45) is 0.574. The lowest BCUT2D eigenvalue weighted by atomic mass is 10.00. The third-order valence-electron chi connectivity index (χ3n) is 2.87. The molecule has 2 aromatic carbocycles. The molecular formula is C15H17NO. The molecule has 0 radical (unpaired) electrons. The van der Waals surface area contributed by atoms with E-state index >= 15 is 0 Å². The summed E-state index contributed by atoms with van der Waals surface area (Å²) in [6, 6.07) is 12.6. The molecule has 0 aliphatic rings. The second-order valence-corrected chi connectivity index (χ2v) is 4.16. The standard InChI is InChI=1S/C15H17NO/c1-3-17-15(16)10-14-9-13-7-5-4-6-12(13)8-11(14)2/h4-9,16H,3,10H2,1-2H3. The summed E-state index contributed by atoms with van der Waals surface area (Å²) in [6.45, 7) is 4.55. The summed E-state index contributed by atoms with van der Waals surface area (Å²) in [5.74, 6) is 0.339. The SMILES string of the molecule is CCOC(=N)Cc1cc2ccccc2cc1C. The van der Waals surface area contributed by atoms with Crippen LogP contribution in [0.25, 0.3) is 10.8 Å². The Morgan fingerprint density at radius 2 is 1.82 bits per heavy atom. The summed E-state index contributed by atoms with van der Waals surface area (Å²) in [4.78, 5) is 0. The molecule has 2 aromatic rings. The molecule has 0 bridgehead atoms. The Kier molecular flexibility index (Phi) is 3.43. The number of hydrogen-bond donors (Lipinski definition) is 1. The Labute approximate surface area is 102 Å². The summed E-state index contributed by atoms with van der Waals surface area (Å²) in [5, 5.41) is 10.2. The van der Waals surface area contributed by atoms with E-state index in [0.29, 0.717) is 18.9 Å². The van der Waals surface area contributed by atoms with Crippen molar-refractivity contribution in [2.45, 2.75) is 20.3 Å². The van der Waals surface area contributed by atoms with Crippen LogP contribution >= 0.6 is 0 Å². The summed E-state index contributed by atoms with van der Waals surface area (Å²) in [7, 11) is 0. The second-order valence-electron chi connectivity index (χ2n) is 4.16. The van der Waals surface area contributed by atoms with Crippen LogP contribution in [0.3, 0.4) is 0 Å². The highest BCUT2D eigenvalue weighted by Gasteiger charge is 2.05. The Bertz CT molecular complexity index is 546. The van der Waals surface area contributed by atoms with Crippen LogP contribution in [-0.2, 0) is 11.2 Å². The van der Waals surface area contributed by atoms with Crippen molar-refractivity contribution >= 4 is 16.7 Å². The summed E-state index contributed by atoms with van der Waals surface area (Å²) < 4.78 is 5.20. The van der Waals surface area contributed by atoms with E-state index in [1.807, 2.05) is 19.1 Å². The first-order valence-corrected chi connectivity index (χ1v) is 5.89. The van der Waals surface area contributed by atoms with Crippen molar-refractivity contribution in [1.82, 2.24) is 0 Å². The first-order chi connectivity index (χ1) is 8.20. The van der Waals surface area contributed by atoms with Gasteiger partial charge in [-0.2, -0.15) is 0 Å². The largest absolute Gasteiger partial charge is 0.481 e. The van der Waals surface area contributed by atoms with Crippen LogP contribution in [0.2, 0.25) is 0 Å². The van der Waals surface area contributed by atoms with Crippen LogP contribution in [0, 0.1) is 12.3 Å². The van der Waals surface area contributed by atoms with Gasteiger partial charge in [-0.3, -0.25) is 5.41 Å². The first-order valence-electron chi connectivity index (χ1n) is 5.89. The molecule has 0 unspecified atom stereocenters. The molecule has 2 heteroatoms. The molecule has 0 atom stereocenters. The quantitative estimate of drug-likeness (QED) is 0.629. The van der Waals surface area contributed by atoms with Crippen molar-refractivity contribution in [1.29, 1.82) is 5.41 Å². The van der Waals surface area contributed by atoms with Crippen molar-refractivity contribution in [3.05, 3.63) is 47.5 Å². The number of hydrogen-bond acceptors (Lipinski definition) is 2. The van der Waals surface area contributed by atoms with E-state index in [2.05, 4.69) is 31.2 Å². The van der Waals surface area contributed by atoms with Gasteiger partial charge in [-0.25, -0.2) is 0 Å². The topological polar surface area (TPSA) is 33.1 Å². The van der Waals surface area contributed by atoms with Crippen LogP contribution in [-0.4, -0.2) is 12.5 Å². The minimum absolute atomic E-state index is 0.339. The third-order valence-corrected chi connectivity index (χ3v) is 2.87. The maximum Gasteiger partial charge on any atom is 0.184 e. The molecule has 0 heterocycles. The average molecular weight is 227 g/mol. The zero-order chi connectivity index (χ0) is 12.3. The van der Waals surface area contributed by atoms with Gasteiger partial charge in [0, 0.05) is 6.42 Å². The maximum atomic E-state index is 7.71. The summed E-state index contributed by atoms with van der Waals surface area (Å²) in [5.41, 5.74) is 2.38. The molecule has 2 nitrogen and oxygen atoms in total. The van der Waals surface area contributed by atoms with E-state index in [9.17, 15) is 0 Å². The Hall–Kier alpha value is -1.83. The van der Waals surface area contributed by atoms with Gasteiger partial charge < -0.3 is 4.74 Å². The van der Waals surface area contributed by atoms with Gasteiger partial charge in [-0.1, -0.05) is 36.4 Å². The molecule has 0 spiro atoms. The van der Waals surface area contributed by atoms with Gasteiger partial charge in [0.25, 0.3) is 0 Å². The van der Waals surface area contributed by atoms with Gasteiger partial charge in [-0.05, 0) is 35.7 Å². The predicted molar refractivity (Wildman–Crippen MR) is 71.7 cm³/mol. The molecule has 0 aliphatic carbocycles. The number of ether oxygens (including phenoxy) is 1. The molecular weight excluding hydrogens is 210 g/mol. The maximum absolute atomic E-state index is 7.71. The highest BCUT2D eigenvalue weighted by Crippen LogP contribution is 2.20. The van der Waals surface area contributed by atoms with Crippen LogP contribution in [0.1, 0.15) is 18.1 Å². The predicted octanol–water partition coefficient (Wildman–Crippen LogP) is 3.70. The fraction of sp³-hybridized carbons (Fsp3) is 0.267. The second kappa shape index (κ2) is 5.00. The van der Waals surface area contributed by atoms with Gasteiger partial charge in [0.1, 0.15) is 0 Å². The van der Waals surface area contributed by atoms with Crippen molar-refractivity contribution in [3.63, 3.8) is 0 Å². The molecule has 88 valence electrons. The highest BCUT2D eigenvalue weighted by atomic mass is 16.5. The number of nitrogens with one attached hydrogen (secondary N) is 1. The van der Waals surface area contributed by atoms with Crippen LogP contribution < -0.4 is 0 Å². The van der Waals surface area contributed by atoms with E-state index in [-0.39, 0.29) is 0 Å². The fourth-order valence-corrected chi connectivity index (χ4v) is 1.99. The summed E-state index contributed by atoms with van der Waals surface area (Å²) >= 11 is 0. The van der Waals surface area contributed by atoms with Crippen LogP contribution in [0.15, 0.2) is 36.4 Å². The molecule has 1 N–H and O–H groups in total. The zero-order valence-electron chi connectivity index (χ0n) is 10.3. The van der Waals surface area contributed by atoms with Gasteiger partial charge in [0.05, 0.1) is 6.61 Å². The lowest BCUT2D eigenvalue weighted by Crippen LogP contribution is -2.07. The lowest BCUT2D eigenvalue weighted by molar-refractivity contribution is 0.317. The van der Waals surface area contributed by atoms with E-state index in [1.165, 1.54) is 21.9 Å². The molecule has 0 aliphatic heterocycles. The Morgan fingerprint density at radius 1 is 1.18 bits per heavy atom. The molecule has 0 saturated heterocycles. The monoisotopic (exact) mass is 227 g/mol. The minimum Gasteiger partial charge on any atom is -0.481 e. The van der Waals surface area contributed by atoms with E-state index < -0.39 is 0 Å². The van der Waals surface area contributed by atoms with E-state index in [1.54, 1.807) is 0 Å². The highest BCUT2D eigenvalue weighted by molar-refractivity contribution is 5.86. The Balaban J connectivity index is 2.34. The zero-order valence-corrected chi connectivity index (χ0v) is 10.3. The van der Waals surface area contributed by atoms with Crippen molar-refractivity contribution in [2.24, 2.45) is 0 Å². The van der Waals surface area contributed by atoms with Crippen molar-refractivity contribution in [2.75, 3.05) is 6.61 Å². The average Bonchev–Trinajstić information content (AvgIpc) is 2.30.